The van der Waals surface area contributed by atoms with Crippen molar-refractivity contribution in [2.24, 2.45) is 5.41 Å². The van der Waals surface area contributed by atoms with Gasteiger partial charge in [-0.15, -0.1) is 0 Å². The van der Waals surface area contributed by atoms with Crippen molar-refractivity contribution in [3.63, 3.8) is 0 Å². The van der Waals surface area contributed by atoms with Crippen molar-refractivity contribution in [2.75, 3.05) is 0 Å². The molecule has 0 saturated heterocycles. The van der Waals surface area contributed by atoms with Gasteiger partial charge in [-0.1, -0.05) is 39.0 Å². The fourth-order valence-corrected chi connectivity index (χ4v) is 1.64. The zero-order valence-electron chi connectivity index (χ0n) is 10.0. The van der Waals surface area contributed by atoms with Crippen molar-refractivity contribution in [1.82, 2.24) is 4.98 Å². The molecule has 0 aliphatic carbocycles. The van der Waals surface area contributed by atoms with Gasteiger partial charge in [-0.25, -0.2) is 4.98 Å². The van der Waals surface area contributed by atoms with Gasteiger partial charge in [-0.05, 0) is 24.0 Å². The highest BCUT2D eigenvalue weighted by atomic mass is 16.3. The molecule has 0 spiro atoms. The Bertz CT molecular complexity index is 451. The minimum Gasteiger partial charge on any atom is -0.444 e. The monoisotopic (exact) mass is 215 g/mol. The average Bonchev–Trinajstić information content (AvgIpc) is 2.65. The van der Waals surface area contributed by atoms with Crippen LogP contribution in [0.2, 0.25) is 0 Å². The molecule has 0 radical (unpaired) electrons. The molecule has 84 valence electrons. The zero-order valence-corrected chi connectivity index (χ0v) is 10.0. The van der Waals surface area contributed by atoms with Crippen LogP contribution < -0.4 is 0 Å². The summed E-state index contributed by atoms with van der Waals surface area (Å²) in [6, 6.07) is 9.98. The Balaban J connectivity index is 2.21. The van der Waals surface area contributed by atoms with Crippen LogP contribution in [-0.4, -0.2) is 4.98 Å². The molecule has 0 fully saturated rings. The fourth-order valence-electron chi connectivity index (χ4n) is 1.64. The van der Waals surface area contributed by atoms with E-state index in [0.717, 1.165) is 17.7 Å². The Morgan fingerprint density at radius 3 is 2.44 bits per heavy atom. The molecule has 2 aromatic rings. The highest BCUT2D eigenvalue weighted by molar-refractivity contribution is 5.52. The molecule has 0 amide bonds. The van der Waals surface area contributed by atoms with E-state index in [1.165, 1.54) is 0 Å². The second-order valence-corrected chi connectivity index (χ2v) is 5.25. The topological polar surface area (TPSA) is 26.0 Å². The Labute approximate surface area is 96.3 Å². The number of benzene rings is 1. The third-order valence-electron chi connectivity index (χ3n) is 2.28. The summed E-state index contributed by atoms with van der Waals surface area (Å²) in [6.07, 6.45) is 2.69. The Kier molecular flexibility index (Phi) is 2.82. The molecule has 1 heterocycles. The number of rotatable bonds is 2. The maximum absolute atomic E-state index is 5.49. The summed E-state index contributed by atoms with van der Waals surface area (Å²) in [5.74, 6) is 0.708. The Morgan fingerprint density at radius 2 is 1.81 bits per heavy atom. The molecule has 0 atom stereocenters. The highest BCUT2D eigenvalue weighted by Gasteiger charge is 2.14. The first kappa shape index (κ1) is 10.9. The van der Waals surface area contributed by atoms with Gasteiger partial charge in [0.2, 0.25) is 5.89 Å². The summed E-state index contributed by atoms with van der Waals surface area (Å²) >= 11 is 0. The van der Waals surface area contributed by atoms with Gasteiger partial charge >= 0.3 is 0 Å². The minimum absolute atomic E-state index is 0.241. The van der Waals surface area contributed by atoms with E-state index >= 15 is 0 Å². The molecule has 2 rings (SSSR count). The SMILES string of the molecule is CC(C)(C)Cc1coc(-c2ccccc2)n1. The highest BCUT2D eigenvalue weighted by Crippen LogP contribution is 2.23. The summed E-state index contributed by atoms with van der Waals surface area (Å²) < 4.78 is 5.49. The first-order valence-electron chi connectivity index (χ1n) is 5.54. The van der Waals surface area contributed by atoms with Gasteiger partial charge < -0.3 is 4.42 Å². The van der Waals surface area contributed by atoms with Crippen LogP contribution in [0, 0.1) is 5.41 Å². The lowest BCUT2D eigenvalue weighted by Gasteiger charge is -2.15. The summed E-state index contributed by atoms with van der Waals surface area (Å²) in [7, 11) is 0. The van der Waals surface area contributed by atoms with Crippen LogP contribution in [0.1, 0.15) is 26.5 Å². The van der Waals surface area contributed by atoms with Gasteiger partial charge in [-0.2, -0.15) is 0 Å². The molecule has 0 aliphatic heterocycles. The van der Waals surface area contributed by atoms with E-state index in [1.807, 2.05) is 30.3 Å². The second-order valence-electron chi connectivity index (χ2n) is 5.25. The van der Waals surface area contributed by atoms with E-state index in [4.69, 9.17) is 4.42 Å². The second kappa shape index (κ2) is 4.12. The average molecular weight is 215 g/mol. The van der Waals surface area contributed by atoms with Crippen molar-refractivity contribution in [3.8, 4) is 11.5 Å². The predicted octanol–water partition coefficient (Wildman–Crippen LogP) is 3.93. The van der Waals surface area contributed by atoms with Gasteiger partial charge in [0, 0.05) is 5.56 Å². The van der Waals surface area contributed by atoms with Gasteiger partial charge in [0.25, 0.3) is 0 Å². The van der Waals surface area contributed by atoms with Crippen LogP contribution in [0.25, 0.3) is 11.5 Å². The van der Waals surface area contributed by atoms with Gasteiger partial charge in [0.1, 0.15) is 6.26 Å². The largest absolute Gasteiger partial charge is 0.444 e. The normalized spacial score (nSPS) is 11.7. The number of hydrogen-bond acceptors (Lipinski definition) is 2. The zero-order chi connectivity index (χ0) is 11.6. The van der Waals surface area contributed by atoms with Crippen molar-refractivity contribution < 1.29 is 4.42 Å². The van der Waals surface area contributed by atoms with Gasteiger partial charge in [0.05, 0.1) is 5.69 Å². The van der Waals surface area contributed by atoms with Crippen LogP contribution >= 0.6 is 0 Å². The van der Waals surface area contributed by atoms with Crippen LogP contribution in [0.5, 0.6) is 0 Å². The molecular weight excluding hydrogens is 198 g/mol. The van der Waals surface area contributed by atoms with E-state index in [1.54, 1.807) is 6.26 Å². The molecule has 1 aromatic heterocycles. The molecule has 2 heteroatoms. The van der Waals surface area contributed by atoms with E-state index in [0.29, 0.717) is 5.89 Å². The number of oxazole rings is 1. The van der Waals surface area contributed by atoms with E-state index in [9.17, 15) is 0 Å². The summed E-state index contributed by atoms with van der Waals surface area (Å²) in [5, 5.41) is 0. The summed E-state index contributed by atoms with van der Waals surface area (Å²) in [4.78, 5) is 4.50. The third kappa shape index (κ3) is 2.72. The predicted molar refractivity (Wildman–Crippen MR) is 65.1 cm³/mol. The van der Waals surface area contributed by atoms with E-state index in [-0.39, 0.29) is 5.41 Å². The number of aromatic nitrogens is 1. The minimum atomic E-state index is 0.241. The molecular formula is C14H17NO. The molecule has 16 heavy (non-hydrogen) atoms. The van der Waals surface area contributed by atoms with E-state index in [2.05, 4.69) is 25.8 Å². The first-order chi connectivity index (χ1) is 7.54. The summed E-state index contributed by atoms with van der Waals surface area (Å²) in [5.41, 5.74) is 2.29. The summed E-state index contributed by atoms with van der Waals surface area (Å²) in [6.45, 7) is 6.59. The van der Waals surface area contributed by atoms with Crippen molar-refractivity contribution in [3.05, 3.63) is 42.3 Å². The first-order valence-corrected chi connectivity index (χ1v) is 5.54. The smallest absolute Gasteiger partial charge is 0.226 e. The molecule has 0 bridgehead atoms. The molecule has 0 saturated carbocycles. The fraction of sp³-hybridized carbons (Fsp3) is 0.357. The lowest BCUT2D eigenvalue weighted by Crippen LogP contribution is -2.09. The van der Waals surface area contributed by atoms with Crippen LogP contribution in [-0.2, 0) is 6.42 Å². The molecule has 2 nitrogen and oxygen atoms in total. The molecule has 1 aromatic carbocycles. The van der Waals surface area contributed by atoms with Gasteiger partial charge in [0.15, 0.2) is 0 Å². The molecule has 0 unspecified atom stereocenters. The Morgan fingerprint density at radius 1 is 1.12 bits per heavy atom. The lowest BCUT2D eigenvalue weighted by atomic mass is 9.91. The maximum atomic E-state index is 5.49. The van der Waals surface area contributed by atoms with Crippen molar-refractivity contribution >= 4 is 0 Å². The van der Waals surface area contributed by atoms with Crippen LogP contribution in [0.3, 0.4) is 0 Å². The van der Waals surface area contributed by atoms with Crippen LogP contribution in [0.4, 0.5) is 0 Å². The number of nitrogens with zero attached hydrogens (tertiary/aromatic N) is 1. The number of hydrogen-bond donors (Lipinski definition) is 0. The quantitative estimate of drug-likeness (QED) is 0.758. The lowest BCUT2D eigenvalue weighted by molar-refractivity contribution is 0.405. The molecule has 0 aliphatic rings. The third-order valence-corrected chi connectivity index (χ3v) is 2.28. The van der Waals surface area contributed by atoms with E-state index < -0.39 is 0 Å². The molecule has 0 N–H and O–H groups in total. The van der Waals surface area contributed by atoms with Crippen molar-refractivity contribution in [2.45, 2.75) is 27.2 Å². The van der Waals surface area contributed by atoms with Crippen molar-refractivity contribution in [1.29, 1.82) is 0 Å². The van der Waals surface area contributed by atoms with Crippen LogP contribution in [0.15, 0.2) is 41.0 Å². The standard InChI is InChI=1S/C14H17NO/c1-14(2,3)9-12-10-16-13(15-12)11-7-5-4-6-8-11/h4-8,10H,9H2,1-3H3. The van der Waals surface area contributed by atoms with Gasteiger partial charge in [-0.3, -0.25) is 0 Å². The maximum Gasteiger partial charge on any atom is 0.226 e. The Hall–Kier alpha value is -1.57.